The summed E-state index contributed by atoms with van der Waals surface area (Å²) in [6, 6.07) is 15.8. The van der Waals surface area contributed by atoms with Crippen LogP contribution in [0.3, 0.4) is 0 Å². The monoisotopic (exact) mass is 508 g/mol. The molecule has 0 atom stereocenters. The molecule has 0 spiro atoms. The number of amides is 1. The summed E-state index contributed by atoms with van der Waals surface area (Å²) in [5.41, 5.74) is 4.26. The topological polar surface area (TPSA) is 83.5 Å². The molecule has 9 heteroatoms. The average molecular weight is 509 g/mol. The van der Waals surface area contributed by atoms with E-state index in [1.807, 2.05) is 31.2 Å². The van der Waals surface area contributed by atoms with Crippen molar-refractivity contribution in [3.8, 4) is 0 Å². The number of hydrogen-bond acceptors (Lipinski definition) is 6. The van der Waals surface area contributed by atoms with Gasteiger partial charge in [-0.2, -0.15) is 4.31 Å². The number of rotatable bonds is 8. The molecule has 0 aliphatic rings. The van der Waals surface area contributed by atoms with Crippen LogP contribution in [-0.2, 0) is 16.6 Å². The molecule has 2 aromatic carbocycles. The lowest BCUT2D eigenvalue weighted by atomic mass is 10.1. The minimum atomic E-state index is -3.60. The Labute approximate surface area is 210 Å². The molecule has 2 heterocycles. The van der Waals surface area contributed by atoms with Gasteiger partial charge in [0.2, 0.25) is 10.0 Å². The molecular formula is C26H28N4O3S2. The van der Waals surface area contributed by atoms with Gasteiger partial charge in [0.1, 0.15) is 0 Å². The largest absolute Gasteiger partial charge is 0.278 e. The first kappa shape index (κ1) is 25.0. The van der Waals surface area contributed by atoms with Crippen LogP contribution in [0.5, 0.6) is 0 Å². The van der Waals surface area contributed by atoms with Crippen molar-refractivity contribution in [3.63, 3.8) is 0 Å². The first-order chi connectivity index (χ1) is 16.7. The highest BCUT2D eigenvalue weighted by atomic mass is 32.2. The highest BCUT2D eigenvalue weighted by Gasteiger charge is 2.25. The summed E-state index contributed by atoms with van der Waals surface area (Å²) in [6.07, 6.45) is 1.69. The highest BCUT2D eigenvalue weighted by molar-refractivity contribution is 7.89. The fraction of sp³-hybridized carbons (Fsp3) is 0.269. The molecule has 0 saturated carbocycles. The number of pyridine rings is 1. The van der Waals surface area contributed by atoms with Gasteiger partial charge in [-0.05, 0) is 73.5 Å². The molecule has 1 amide bonds. The molecule has 4 rings (SSSR count). The quantitative estimate of drug-likeness (QED) is 0.327. The van der Waals surface area contributed by atoms with Crippen molar-refractivity contribution >= 4 is 42.6 Å². The van der Waals surface area contributed by atoms with E-state index in [1.165, 1.54) is 33.3 Å². The first-order valence-electron chi connectivity index (χ1n) is 11.4. The van der Waals surface area contributed by atoms with Gasteiger partial charge in [-0.25, -0.2) is 13.4 Å². The summed E-state index contributed by atoms with van der Waals surface area (Å²) in [5, 5.41) is 0.570. The molecule has 0 aliphatic carbocycles. The number of anilines is 1. The minimum absolute atomic E-state index is 0.167. The predicted molar refractivity (Wildman–Crippen MR) is 140 cm³/mol. The van der Waals surface area contributed by atoms with Gasteiger partial charge in [0.25, 0.3) is 5.91 Å². The molecule has 2 aromatic heterocycles. The van der Waals surface area contributed by atoms with Crippen LogP contribution in [-0.4, -0.2) is 41.7 Å². The third-order valence-corrected chi connectivity index (χ3v) is 9.06. The zero-order chi connectivity index (χ0) is 25.2. The number of aryl methyl sites for hydroxylation is 2. The van der Waals surface area contributed by atoms with Crippen molar-refractivity contribution in [3.05, 3.63) is 83.2 Å². The van der Waals surface area contributed by atoms with Crippen LogP contribution >= 0.6 is 11.3 Å². The number of nitrogens with zero attached hydrogens (tertiary/aromatic N) is 4. The maximum absolute atomic E-state index is 13.7. The molecule has 0 N–H and O–H groups in total. The normalized spacial score (nSPS) is 11.8. The van der Waals surface area contributed by atoms with Crippen LogP contribution in [0.4, 0.5) is 5.13 Å². The molecule has 182 valence electrons. The zero-order valence-corrected chi connectivity index (χ0v) is 21.9. The molecule has 0 saturated heterocycles. The van der Waals surface area contributed by atoms with E-state index in [-0.39, 0.29) is 17.3 Å². The number of carbonyl (C=O) groups is 1. The van der Waals surface area contributed by atoms with Gasteiger partial charge in [-0.1, -0.05) is 31.3 Å². The fourth-order valence-electron chi connectivity index (χ4n) is 3.80. The lowest BCUT2D eigenvalue weighted by Gasteiger charge is -2.21. The maximum atomic E-state index is 13.7. The van der Waals surface area contributed by atoms with Crippen LogP contribution in [0.15, 0.2) is 65.7 Å². The van der Waals surface area contributed by atoms with E-state index < -0.39 is 10.0 Å². The second-order valence-corrected chi connectivity index (χ2v) is 11.2. The Kier molecular flexibility index (Phi) is 7.30. The number of fused-ring (bicyclic) bond motifs is 1. The lowest BCUT2D eigenvalue weighted by Crippen LogP contribution is -2.31. The van der Waals surface area contributed by atoms with Gasteiger partial charge in [-0.15, -0.1) is 0 Å². The molecule has 0 bridgehead atoms. The fourth-order valence-corrected chi connectivity index (χ4v) is 6.30. The van der Waals surface area contributed by atoms with Gasteiger partial charge in [0, 0.05) is 24.8 Å². The number of sulfonamides is 1. The van der Waals surface area contributed by atoms with E-state index in [2.05, 4.69) is 18.0 Å². The van der Waals surface area contributed by atoms with Crippen LogP contribution in [0, 0.1) is 13.8 Å². The summed E-state index contributed by atoms with van der Waals surface area (Å²) < 4.78 is 28.1. The molecule has 35 heavy (non-hydrogen) atoms. The van der Waals surface area contributed by atoms with Crippen molar-refractivity contribution in [2.45, 2.75) is 39.1 Å². The number of carbonyl (C=O) groups excluding carboxylic acids is 1. The van der Waals surface area contributed by atoms with Crippen molar-refractivity contribution in [1.82, 2.24) is 14.3 Å². The van der Waals surface area contributed by atoms with E-state index in [0.29, 0.717) is 23.8 Å². The number of hydrogen-bond donors (Lipinski definition) is 0. The summed E-state index contributed by atoms with van der Waals surface area (Å²) in [4.78, 5) is 24.6. The van der Waals surface area contributed by atoms with Crippen molar-refractivity contribution in [2.24, 2.45) is 0 Å². The van der Waals surface area contributed by atoms with E-state index in [0.717, 1.165) is 21.5 Å². The Morgan fingerprint density at radius 2 is 1.66 bits per heavy atom. The van der Waals surface area contributed by atoms with Crippen LogP contribution < -0.4 is 4.90 Å². The van der Waals surface area contributed by atoms with Crippen LogP contribution in [0.1, 0.15) is 41.0 Å². The Hall–Kier alpha value is -3.14. The van der Waals surface area contributed by atoms with Crippen molar-refractivity contribution < 1.29 is 13.2 Å². The number of aromatic nitrogens is 2. The Morgan fingerprint density at radius 3 is 2.29 bits per heavy atom. The second-order valence-electron chi connectivity index (χ2n) is 8.23. The predicted octanol–water partition coefficient (Wildman–Crippen LogP) is 5.19. The second kappa shape index (κ2) is 10.2. The van der Waals surface area contributed by atoms with Gasteiger partial charge in [0.15, 0.2) is 5.13 Å². The van der Waals surface area contributed by atoms with Gasteiger partial charge >= 0.3 is 0 Å². The summed E-state index contributed by atoms with van der Waals surface area (Å²) >= 11 is 1.45. The van der Waals surface area contributed by atoms with E-state index in [4.69, 9.17) is 4.98 Å². The van der Waals surface area contributed by atoms with Gasteiger partial charge in [-0.3, -0.25) is 14.7 Å². The SMILES string of the molecule is CCN(CC)S(=O)(=O)c1ccc(C(=O)N(Cc2ccccn2)c2nc3cc(C)c(C)cc3s2)cc1. The summed E-state index contributed by atoms with van der Waals surface area (Å²) in [6.45, 7) is 8.71. The smallest absolute Gasteiger partial charge is 0.260 e. The van der Waals surface area contributed by atoms with Crippen molar-refractivity contribution in [2.75, 3.05) is 18.0 Å². The maximum Gasteiger partial charge on any atom is 0.260 e. The molecule has 0 fully saturated rings. The molecule has 0 radical (unpaired) electrons. The van der Waals surface area contributed by atoms with E-state index in [1.54, 1.807) is 37.1 Å². The van der Waals surface area contributed by atoms with Gasteiger partial charge in [0.05, 0.1) is 27.4 Å². The molecule has 0 unspecified atom stereocenters. The standard InChI is InChI=1S/C26H28N4O3S2/c1-5-29(6-2)35(32,33)22-12-10-20(11-13-22)25(31)30(17-21-9-7-8-14-27-21)26-28-23-15-18(3)19(4)16-24(23)34-26/h7-16H,5-6,17H2,1-4H3. The van der Waals surface area contributed by atoms with Gasteiger partial charge < -0.3 is 0 Å². The first-order valence-corrected chi connectivity index (χ1v) is 13.7. The third kappa shape index (κ3) is 5.12. The zero-order valence-electron chi connectivity index (χ0n) is 20.2. The Bertz CT molecular complexity index is 1410. The third-order valence-electron chi connectivity index (χ3n) is 5.96. The van der Waals surface area contributed by atoms with Crippen LogP contribution in [0.25, 0.3) is 10.2 Å². The van der Waals surface area contributed by atoms with Crippen molar-refractivity contribution in [1.29, 1.82) is 0 Å². The minimum Gasteiger partial charge on any atom is -0.278 e. The number of thiazole rings is 1. The Morgan fingerprint density at radius 1 is 0.971 bits per heavy atom. The van der Waals surface area contributed by atoms with Crippen LogP contribution in [0.2, 0.25) is 0 Å². The number of benzene rings is 2. The molecular weight excluding hydrogens is 480 g/mol. The molecule has 7 nitrogen and oxygen atoms in total. The molecule has 4 aromatic rings. The van der Waals surface area contributed by atoms with E-state index in [9.17, 15) is 13.2 Å². The average Bonchev–Trinajstić information content (AvgIpc) is 3.26. The molecule has 0 aliphatic heterocycles. The summed E-state index contributed by atoms with van der Waals surface area (Å²) in [7, 11) is -3.60. The summed E-state index contributed by atoms with van der Waals surface area (Å²) in [5.74, 6) is -0.269. The Balaban J connectivity index is 1.72. The van der Waals surface area contributed by atoms with E-state index >= 15 is 0 Å². The highest BCUT2D eigenvalue weighted by Crippen LogP contribution is 2.32. The lowest BCUT2D eigenvalue weighted by molar-refractivity contribution is 0.0984.